The van der Waals surface area contributed by atoms with Crippen molar-refractivity contribution in [1.82, 2.24) is 15.6 Å². The number of carboxylic acid groups (broad SMARTS) is 1. The number of hydrogen-bond acceptors (Lipinski definition) is 7. The Morgan fingerprint density at radius 1 is 1.09 bits per heavy atom. The molecule has 0 spiro atoms. The molecule has 1 aliphatic carbocycles. The molecule has 10 heteroatoms. The molecule has 0 bridgehead atoms. The van der Waals surface area contributed by atoms with E-state index in [0.717, 1.165) is 22.3 Å². The highest BCUT2D eigenvalue weighted by molar-refractivity contribution is 7.11. The van der Waals surface area contributed by atoms with E-state index in [2.05, 4.69) is 27.8 Å². The number of fused-ring (bicyclic) bond motifs is 3. The molecule has 2 amide bonds. The summed E-state index contributed by atoms with van der Waals surface area (Å²) >= 11 is 1.18. The first kappa shape index (κ1) is 24.4. The zero-order valence-electron chi connectivity index (χ0n) is 19.2. The van der Waals surface area contributed by atoms with E-state index in [4.69, 9.17) is 14.6 Å². The zero-order chi connectivity index (χ0) is 24.9. The summed E-state index contributed by atoms with van der Waals surface area (Å²) in [6.07, 6.45) is -0.734. The Morgan fingerprint density at radius 2 is 1.71 bits per heavy atom. The maximum atomic E-state index is 12.7. The highest BCUT2D eigenvalue weighted by atomic mass is 32.1. The van der Waals surface area contributed by atoms with Gasteiger partial charge in [-0.15, -0.1) is 11.3 Å². The maximum Gasteiger partial charge on any atom is 0.407 e. The van der Waals surface area contributed by atoms with Crippen molar-refractivity contribution in [3.8, 4) is 11.1 Å². The lowest BCUT2D eigenvalue weighted by molar-refractivity contribution is -0.124. The van der Waals surface area contributed by atoms with Gasteiger partial charge in [-0.1, -0.05) is 48.5 Å². The van der Waals surface area contributed by atoms with Crippen LogP contribution >= 0.6 is 11.3 Å². The van der Waals surface area contributed by atoms with Crippen LogP contribution in [0.25, 0.3) is 11.1 Å². The van der Waals surface area contributed by atoms with Crippen molar-refractivity contribution in [1.29, 1.82) is 0 Å². The lowest BCUT2D eigenvalue weighted by Gasteiger charge is -2.19. The smallest absolute Gasteiger partial charge is 0.407 e. The minimum Gasteiger partial charge on any atom is -0.476 e. The van der Waals surface area contributed by atoms with Crippen LogP contribution in [-0.4, -0.2) is 54.4 Å². The van der Waals surface area contributed by atoms with Gasteiger partial charge in [0, 0.05) is 17.9 Å². The van der Waals surface area contributed by atoms with E-state index in [1.165, 1.54) is 18.4 Å². The van der Waals surface area contributed by atoms with E-state index in [1.54, 1.807) is 6.92 Å². The van der Waals surface area contributed by atoms with Crippen LogP contribution in [0.1, 0.15) is 37.4 Å². The zero-order valence-corrected chi connectivity index (χ0v) is 20.1. The fourth-order valence-corrected chi connectivity index (χ4v) is 5.01. The van der Waals surface area contributed by atoms with Crippen molar-refractivity contribution in [2.45, 2.75) is 25.4 Å². The first-order valence-electron chi connectivity index (χ1n) is 11.0. The molecule has 4 rings (SSSR count). The molecule has 0 radical (unpaired) electrons. The van der Waals surface area contributed by atoms with Gasteiger partial charge < -0.3 is 25.2 Å². The van der Waals surface area contributed by atoms with Gasteiger partial charge in [-0.2, -0.15) is 0 Å². The van der Waals surface area contributed by atoms with Crippen LogP contribution in [0.3, 0.4) is 0 Å². The van der Waals surface area contributed by atoms with E-state index in [1.807, 2.05) is 36.4 Å². The number of carboxylic acids is 1. The van der Waals surface area contributed by atoms with Gasteiger partial charge in [-0.05, 0) is 29.2 Å². The molecule has 1 unspecified atom stereocenters. The summed E-state index contributed by atoms with van der Waals surface area (Å²) in [5.74, 6) is -1.71. The first-order chi connectivity index (χ1) is 16.9. The molecule has 9 nitrogen and oxygen atoms in total. The minimum atomic E-state index is -1.12. The molecular weight excluding hydrogens is 470 g/mol. The molecule has 0 aliphatic heterocycles. The van der Waals surface area contributed by atoms with Crippen molar-refractivity contribution in [3.63, 3.8) is 0 Å². The topological polar surface area (TPSA) is 127 Å². The number of alkyl carbamates (subject to hydrolysis) is 1. The molecule has 0 fully saturated rings. The van der Waals surface area contributed by atoms with Gasteiger partial charge >= 0.3 is 12.1 Å². The summed E-state index contributed by atoms with van der Waals surface area (Å²) in [5, 5.41) is 14.8. The average molecular weight is 496 g/mol. The number of nitrogens with zero attached hydrogens (tertiary/aromatic N) is 1. The molecule has 3 N–H and O–H groups in total. The predicted octanol–water partition coefficient (Wildman–Crippen LogP) is 3.32. The molecule has 0 saturated carbocycles. The Kier molecular flexibility index (Phi) is 7.42. The van der Waals surface area contributed by atoms with Gasteiger partial charge in [0.1, 0.15) is 17.7 Å². The van der Waals surface area contributed by atoms with Crippen LogP contribution in [0.15, 0.2) is 48.5 Å². The number of aromatic nitrogens is 1. The number of carbonyl (C=O) groups excluding carboxylic acids is 2. The van der Waals surface area contributed by atoms with Gasteiger partial charge in [0.25, 0.3) is 0 Å². The third kappa shape index (κ3) is 5.33. The van der Waals surface area contributed by atoms with E-state index < -0.39 is 24.0 Å². The molecule has 0 saturated heterocycles. The van der Waals surface area contributed by atoms with Crippen LogP contribution in [0, 0.1) is 6.92 Å². The number of aromatic carboxylic acids is 1. The molecular formula is C25H25N3O6S. The van der Waals surface area contributed by atoms with Crippen molar-refractivity contribution >= 4 is 29.3 Å². The molecule has 1 heterocycles. The highest BCUT2D eigenvalue weighted by Crippen LogP contribution is 2.44. The second-order valence-electron chi connectivity index (χ2n) is 8.01. The van der Waals surface area contributed by atoms with E-state index >= 15 is 0 Å². The number of thiazole rings is 1. The van der Waals surface area contributed by atoms with E-state index in [0.29, 0.717) is 9.88 Å². The number of ether oxygens (including phenoxy) is 2. The molecule has 2 aromatic carbocycles. The summed E-state index contributed by atoms with van der Waals surface area (Å²) in [7, 11) is 1.42. The summed E-state index contributed by atoms with van der Waals surface area (Å²) in [6, 6.07) is 15.0. The van der Waals surface area contributed by atoms with Crippen molar-refractivity contribution in [3.05, 3.63) is 75.2 Å². The summed E-state index contributed by atoms with van der Waals surface area (Å²) in [4.78, 5) is 40.9. The highest BCUT2D eigenvalue weighted by Gasteiger charge is 2.30. The molecule has 1 aromatic heterocycles. The first-order valence-corrected chi connectivity index (χ1v) is 11.8. The number of rotatable bonds is 9. The normalized spacial score (nSPS) is 13.0. The monoisotopic (exact) mass is 495 g/mol. The number of amides is 2. The molecule has 1 atom stereocenters. The summed E-state index contributed by atoms with van der Waals surface area (Å²) in [5.41, 5.74) is 4.39. The lowest BCUT2D eigenvalue weighted by atomic mass is 9.98. The van der Waals surface area contributed by atoms with Crippen LogP contribution in [0.2, 0.25) is 0 Å². The Morgan fingerprint density at radius 3 is 2.29 bits per heavy atom. The van der Waals surface area contributed by atoms with Gasteiger partial charge in [-0.3, -0.25) is 4.79 Å². The van der Waals surface area contributed by atoms with Gasteiger partial charge in [-0.25, -0.2) is 14.6 Å². The van der Waals surface area contributed by atoms with Gasteiger partial charge in [0.15, 0.2) is 5.69 Å². The Balaban J connectivity index is 1.35. The van der Waals surface area contributed by atoms with E-state index in [-0.39, 0.29) is 31.4 Å². The third-order valence-corrected chi connectivity index (χ3v) is 6.71. The van der Waals surface area contributed by atoms with Crippen LogP contribution in [0.4, 0.5) is 4.79 Å². The Labute approximate surface area is 206 Å². The quantitative estimate of drug-likeness (QED) is 0.416. The van der Waals surface area contributed by atoms with Gasteiger partial charge in [0.05, 0.1) is 13.2 Å². The number of benzene rings is 2. The Hall–Kier alpha value is -3.76. The van der Waals surface area contributed by atoms with Gasteiger partial charge in [0.2, 0.25) is 5.91 Å². The molecule has 3 aromatic rings. The number of methoxy groups -OCH3 is 1. The van der Waals surface area contributed by atoms with Crippen molar-refractivity contribution in [2.24, 2.45) is 0 Å². The van der Waals surface area contributed by atoms with E-state index in [9.17, 15) is 14.4 Å². The van der Waals surface area contributed by atoms with Crippen LogP contribution in [-0.2, 0) is 20.8 Å². The van der Waals surface area contributed by atoms with Crippen LogP contribution < -0.4 is 10.6 Å². The lowest BCUT2D eigenvalue weighted by Crippen LogP contribution is -2.49. The molecule has 1 aliphatic rings. The molecule has 182 valence electrons. The summed E-state index contributed by atoms with van der Waals surface area (Å²) in [6.45, 7) is 1.74. The fraction of sp³-hybridized carbons (Fsp3) is 0.280. The largest absolute Gasteiger partial charge is 0.476 e. The number of hydrogen-bond donors (Lipinski definition) is 3. The maximum absolute atomic E-state index is 12.7. The fourth-order valence-electron chi connectivity index (χ4n) is 4.14. The predicted molar refractivity (Wildman–Crippen MR) is 130 cm³/mol. The second-order valence-corrected chi connectivity index (χ2v) is 9.30. The number of aryl methyl sites for hydroxylation is 1. The minimum absolute atomic E-state index is 0.0319. The molecule has 35 heavy (non-hydrogen) atoms. The van der Waals surface area contributed by atoms with Crippen molar-refractivity contribution < 1.29 is 29.0 Å². The number of nitrogens with one attached hydrogen (secondary N) is 2. The second kappa shape index (κ2) is 10.7. The SMILES string of the molecule is COCC(NC(=O)OCC1c2ccccc2-c2ccccc21)C(=O)NCc1nc(C(=O)O)c(C)s1. The number of carbonyl (C=O) groups is 3. The van der Waals surface area contributed by atoms with Crippen molar-refractivity contribution in [2.75, 3.05) is 20.3 Å². The summed E-state index contributed by atoms with van der Waals surface area (Å²) < 4.78 is 10.6. The standard InChI is InChI=1S/C25H25N3O6S/c1-14-22(24(30)31)28-21(35-14)11-26-23(29)20(13-33-2)27-25(32)34-12-19-17-9-5-3-7-15(17)16-8-4-6-10-18(16)19/h3-10,19-20H,11-13H2,1-2H3,(H,26,29)(H,27,32)(H,30,31). The third-order valence-electron chi connectivity index (χ3n) is 5.74. The Bertz CT molecular complexity index is 1210. The average Bonchev–Trinajstić information content (AvgIpc) is 3.38. The van der Waals surface area contributed by atoms with Crippen LogP contribution in [0.5, 0.6) is 0 Å².